The van der Waals surface area contributed by atoms with Crippen LogP contribution in [0.1, 0.15) is 13.8 Å². The van der Waals surface area contributed by atoms with Gasteiger partial charge in [0.05, 0.1) is 6.54 Å². The Morgan fingerprint density at radius 3 is 2.65 bits per heavy atom. The molecule has 2 aromatic heterocycles. The standard InChI is InChI=1S/C17H20N4O2/c1-4-21(5-2)14(22)10-20(3)17-16-15(18-11-19-17)12-8-6-7-9-13(12)23-16/h6-9,11H,4-5,10H2,1-3H3. The maximum Gasteiger partial charge on any atom is 0.242 e. The number of furan rings is 1. The summed E-state index contributed by atoms with van der Waals surface area (Å²) < 4.78 is 5.91. The number of rotatable bonds is 5. The lowest BCUT2D eigenvalue weighted by atomic mass is 10.2. The van der Waals surface area contributed by atoms with Crippen molar-refractivity contribution < 1.29 is 9.21 Å². The minimum Gasteiger partial charge on any atom is -0.450 e. The highest BCUT2D eigenvalue weighted by atomic mass is 16.3. The molecule has 0 aliphatic rings. The Morgan fingerprint density at radius 2 is 1.91 bits per heavy atom. The Hall–Kier alpha value is -2.63. The summed E-state index contributed by atoms with van der Waals surface area (Å²) in [5, 5.41) is 0.953. The van der Waals surface area contributed by atoms with Gasteiger partial charge >= 0.3 is 0 Å². The second kappa shape index (κ2) is 6.24. The van der Waals surface area contributed by atoms with Gasteiger partial charge in [0.15, 0.2) is 11.4 Å². The van der Waals surface area contributed by atoms with E-state index in [9.17, 15) is 4.79 Å². The number of amides is 1. The van der Waals surface area contributed by atoms with Gasteiger partial charge in [-0.25, -0.2) is 9.97 Å². The van der Waals surface area contributed by atoms with Crippen LogP contribution in [0.25, 0.3) is 22.1 Å². The molecule has 6 heteroatoms. The van der Waals surface area contributed by atoms with Crippen molar-refractivity contribution in [2.75, 3.05) is 31.6 Å². The van der Waals surface area contributed by atoms with Crippen molar-refractivity contribution >= 4 is 33.8 Å². The van der Waals surface area contributed by atoms with Gasteiger partial charge in [0.2, 0.25) is 5.91 Å². The van der Waals surface area contributed by atoms with Crippen LogP contribution in [0.2, 0.25) is 0 Å². The van der Waals surface area contributed by atoms with E-state index >= 15 is 0 Å². The molecule has 0 radical (unpaired) electrons. The number of carbonyl (C=O) groups is 1. The molecule has 2 heterocycles. The summed E-state index contributed by atoms with van der Waals surface area (Å²) in [7, 11) is 1.84. The number of carbonyl (C=O) groups excluding carboxylic acids is 1. The first-order valence-corrected chi connectivity index (χ1v) is 7.76. The average Bonchev–Trinajstić information content (AvgIpc) is 2.94. The molecule has 0 atom stereocenters. The molecule has 0 saturated carbocycles. The van der Waals surface area contributed by atoms with Crippen molar-refractivity contribution in [3.05, 3.63) is 30.6 Å². The number of aromatic nitrogens is 2. The van der Waals surface area contributed by atoms with Gasteiger partial charge in [0.25, 0.3) is 0 Å². The summed E-state index contributed by atoms with van der Waals surface area (Å²) in [5.41, 5.74) is 2.16. The van der Waals surface area contributed by atoms with Gasteiger partial charge in [-0.1, -0.05) is 12.1 Å². The van der Waals surface area contributed by atoms with Crippen LogP contribution in [0.4, 0.5) is 5.82 Å². The van der Waals surface area contributed by atoms with E-state index in [1.807, 2.05) is 50.1 Å². The van der Waals surface area contributed by atoms with Gasteiger partial charge in [0, 0.05) is 25.5 Å². The predicted molar refractivity (Wildman–Crippen MR) is 90.5 cm³/mol. The molecule has 1 aromatic carbocycles. The van der Waals surface area contributed by atoms with Crippen LogP contribution >= 0.6 is 0 Å². The first-order valence-electron chi connectivity index (χ1n) is 7.76. The molecule has 0 aliphatic heterocycles. The van der Waals surface area contributed by atoms with Crippen molar-refractivity contribution in [1.29, 1.82) is 0 Å². The van der Waals surface area contributed by atoms with Crippen LogP contribution in [0.15, 0.2) is 35.0 Å². The van der Waals surface area contributed by atoms with Gasteiger partial charge in [0.1, 0.15) is 17.4 Å². The topological polar surface area (TPSA) is 62.5 Å². The summed E-state index contributed by atoms with van der Waals surface area (Å²) in [5.74, 6) is 0.701. The minimum absolute atomic E-state index is 0.0698. The Bertz CT molecular complexity index is 839. The number of nitrogens with zero attached hydrogens (tertiary/aromatic N) is 4. The van der Waals surface area contributed by atoms with E-state index in [4.69, 9.17) is 4.42 Å². The van der Waals surface area contributed by atoms with E-state index in [2.05, 4.69) is 9.97 Å². The molecule has 23 heavy (non-hydrogen) atoms. The first-order chi connectivity index (χ1) is 11.2. The smallest absolute Gasteiger partial charge is 0.242 e. The average molecular weight is 312 g/mol. The lowest BCUT2D eigenvalue weighted by Crippen LogP contribution is -2.39. The van der Waals surface area contributed by atoms with Crippen molar-refractivity contribution in [1.82, 2.24) is 14.9 Å². The number of para-hydroxylation sites is 1. The van der Waals surface area contributed by atoms with Crippen LogP contribution in [-0.2, 0) is 4.79 Å². The van der Waals surface area contributed by atoms with Crippen molar-refractivity contribution in [2.45, 2.75) is 13.8 Å². The fourth-order valence-corrected chi connectivity index (χ4v) is 2.74. The molecule has 0 unspecified atom stereocenters. The maximum absolute atomic E-state index is 12.3. The molecule has 0 bridgehead atoms. The molecule has 1 amide bonds. The van der Waals surface area contributed by atoms with E-state index in [0.717, 1.165) is 16.5 Å². The van der Waals surface area contributed by atoms with Crippen LogP contribution in [-0.4, -0.2) is 47.5 Å². The Balaban J connectivity index is 1.97. The summed E-state index contributed by atoms with van der Waals surface area (Å²) >= 11 is 0. The number of hydrogen-bond acceptors (Lipinski definition) is 5. The van der Waals surface area contributed by atoms with Gasteiger partial charge in [-0.2, -0.15) is 0 Å². The van der Waals surface area contributed by atoms with Gasteiger partial charge in [-0.05, 0) is 26.0 Å². The van der Waals surface area contributed by atoms with Crippen molar-refractivity contribution in [3.63, 3.8) is 0 Å². The molecule has 0 saturated heterocycles. The third-order valence-electron chi connectivity index (χ3n) is 3.99. The molecule has 0 aliphatic carbocycles. The SMILES string of the molecule is CCN(CC)C(=O)CN(C)c1ncnc2c1oc1ccccc12. The molecule has 3 aromatic rings. The summed E-state index contributed by atoms with van der Waals surface area (Å²) in [6, 6.07) is 7.75. The zero-order valence-electron chi connectivity index (χ0n) is 13.6. The fourth-order valence-electron chi connectivity index (χ4n) is 2.74. The van der Waals surface area contributed by atoms with E-state index < -0.39 is 0 Å². The second-order valence-corrected chi connectivity index (χ2v) is 5.40. The van der Waals surface area contributed by atoms with Gasteiger partial charge in [-0.15, -0.1) is 0 Å². The number of fused-ring (bicyclic) bond motifs is 3. The van der Waals surface area contributed by atoms with E-state index in [1.54, 1.807) is 4.90 Å². The largest absolute Gasteiger partial charge is 0.450 e. The lowest BCUT2D eigenvalue weighted by molar-refractivity contribution is -0.129. The number of hydrogen-bond donors (Lipinski definition) is 0. The molecule has 0 spiro atoms. The highest BCUT2D eigenvalue weighted by molar-refractivity contribution is 6.05. The monoisotopic (exact) mass is 312 g/mol. The third-order valence-corrected chi connectivity index (χ3v) is 3.99. The van der Waals surface area contributed by atoms with E-state index in [-0.39, 0.29) is 12.5 Å². The van der Waals surface area contributed by atoms with Crippen LogP contribution < -0.4 is 4.90 Å². The van der Waals surface area contributed by atoms with E-state index in [0.29, 0.717) is 24.5 Å². The molecule has 3 rings (SSSR count). The van der Waals surface area contributed by atoms with Crippen LogP contribution in [0.5, 0.6) is 0 Å². The number of benzene rings is 1. The molecular weight excluding hydrogens is 292 g/mol. The lowest BCUT2D eigenvalue weighted by Gasteiger charge is -2.23. The van der Waals surface area contributed by atoms with Gasteiger partial charge < -0.3 is 14.2 Å². The number of likely N-dealkylation sites (N-methyl/N-ethyl adjacent to an activating group) is 2. The Kier molecular flexibility index (Phi) is 4.14. The number of anilines is 1. The first kappa shape index (κ1) is 15.3. The second-order valence-electron chi connectivity index (χ2n) is 5.40. The van der Waals surface area contributed by atoms with Crippen LogP contribution in [0.3, 0.4) is 0 Å². The molecular formula is C17H20N4O2. The molecule has 0 N–H and O–H groups in total. The molecule has 120 valence electrons. The molecule has 0 fully saturated rings. The third kappa shape index (κ3) is 2.72. The van der Waals surface area contributed by atoms with Crippen molar-refractivity contribution in [3.8, 4) is 0 Å². The Morgan fingerprint density at radius 1 is 1.17 bits per heavy atom. The highest BCUT2D eigenvalue weighted by Gasteiger charge is 2.19. The summed E-state index contributed by atoms with van der Waals surface area (Å²) in [4.78, 5) is 24.6. The van der Waals surface area contributed by atoms with Gasteiger partial charge in [-0.3, -0.25) is 4.79 Å². The normalized spacial score (nSPS) is 11.1. The minimum atomic E-state index is 0.0698. The van der Waals surface area contributed by atoms with Crippen molar-refractivity contribution in [2.24, 2.45) is 0 Å². The fraction of sp³-hybridized carbons (Fsp3) is 0.353. The zero-order valence-corrected chi connectivity index (χ0v) is 13.6. The summed E-state index contributed by atoms with van der Waals surface area (Å²) in [6.07, 6.45) is 1.51. The summed E-state index contributed by atoms with van der Waals surface area (Å²) in [6.45, 7) is 5.61. The van der Waals surface area contributed by atoms with E-state index in [1.165, 1.54) is 6.33 Å². The maximum atomic E-state index is 12.3. The highest BCUT2D eigenvalue weighted by Crippen LogP contribution is 2.31. The molecule has 6 nitrogen and oxygen atoms in total. The zero-order chi connectivity index (χ0) is 16.4. The Labute approximate surface area is 134 Å². The predicted octanol–water partition coefficient (Wildman–Crippen LogP) is 2.68. The van der Waals surface area contributed by atoms with Crippen LogP contribution in [0, 0.1) is 0 Å². The quantitative estimate of drug-likeness (QED) is 0.725.